The van der Waals surface area contributed by atoms with Gasteiger partial charge in [-0.15, -0.1) is 0 Å². The molecule has 0 aromatic rings. The Kier molecular flexibility index (Phi) is 6.16. The van der Waals surface area contributed by atoms with Gasteiger partial charge in [0.2, 0.25) is 0 Å². The fraction of sp³-hybridized carbons (Fsp3) is 0.833. The highest BCUT2D eigenvalue weighted by atomic mass is 16.5. The Morgan fingerprint density at radius 2 is 1.82 bits per heavy atom. The number of hydrogen-bond donors (Lipinski definition) is 0. The average molecular weight is 245 g/mol. The number of nitrogens with zero attached hydrogens (tertiary/aromatic N) is 1. The number of carbonyl (C=O) groups excluding carboxylic acids is 2. The molecule has 5 heteroatoms. The maximum atomic E-state index is 11.6. The summed E-state index contributed by atoms with van der Waals surface area (Å²) in [4.78, 5) is 22.2. The Bertz CT molecular complexity index is 270. The predicted molar refractivity (Wildman–Crippen MR) is 61.9 cm³/mol. The quantitative estimate of drug-likeness (QED) is 0.460. The summed E-state index contributed by atoms with van der Waals surface area (Å²) in [7, 11) is 5.75. The average Bonchev–Trinajstić information content (AvgIpc) is 2.12. The highest BCUT2D eigenvalue weighted by Crippen LogP contribution is 2.10. The van der Waals surface area contributed by atoms with E-state index in [4.69, 9.17) is 4.74 Å². The summed E-state index contributed by atoms with van der Waals surface area (Å²) in [6.45, 7) is 4.11. The largest absolute Gasteiger partial charge is 0.550 e. The van der Waals surface area contributed by atoms with E-state index in [9.17, 15) is 14.7 Å². The molecule has 0 aromatic heterocycles. The van der Waals surface area contributed by atoms with Crippen molar-refractivity contribution in [1.29, 1.82) is 0 Å². The van der Waals surface area contributed by atoms with Gasteiger partial charge in [-0.3, -0.25) is 4.79 Å². The van der Waals surface area contributed by atoms with Crippen LogP contribution in [-0.2, 0) is 14.3 Å². The number of aliphatic carboxylic acids is 1. The molecule has 0 saturated carbocycles. The number of carbonyl (C=O) groups is 2. The molecular weight excluding hydrogens is 222 g/mol. The van der Waals surface area contributed by atoms with Crippen LogP contribution < -0.4 is 5.11 Å². The highest BCUT2D eigenvalue weighted by molar-refractivity contribution is 5.73. The number of likely N-dealkylation sites (N-methyl/N-ethyl adjacent to an activating group) is 1. The minimum absolute atomic E-state index is 0.202. The minimum Gasteiger partial charge on any atom is -0.550 e. The Hall–Kier alpha value is -1.10. The van der Waals surface area contributed by atoms with E-state index >= 15 is 0 Å². The molecule has 0 N–H and O–H groups in total. The van der Waals surface area contributed by atoms with Crippen LogP contribution in [0.4, 0.5) is 0 Å². The monoisotopic (exact) mass is 245 g/mol. The summed E-state index contributed by atoms with van der Waals surface area (Å²) >= 11 is 0. The molecule has 0 aliphatic carbocycles. The summed E-state index contributed by atoms with van der Waals surface area (Å²) in [5.74, 6) is -1.74. The van der Waals surface area contributed by atoms with Gasteiger partial charge in [-0.25, -0.2) is 0 Å². The lowest BCUT2D eigenvalue weighted by Gasteiger charge is -2.29. The van der Waals surface area contributed by atoms with E-state index in [0.717, 1.165) is 0 Å². The highest BCUT2D eigenvalue weighted by Gasteiger charge is 2.24. The summed E-state index contributed by atoms with van der Waals surface area (Å²) in [6.07, 6.45) is -0.194. The zero-order valence-electron chi connectivity index (χ0n) is 11.4. The van der Waals surface area contributed by atoms with Crippen LogP contribution in [0.15, 0.2) is 0 Å². The fourth-order valence-electron chi connectivity index (χ4n) is 1.39. The van der Waals surface area contributed by atoms with Gasteiger partial charge >= 0.3 is 5.97 Å². The first-order chi connectivity index (χ1) is 7.65. The molecule has 0 aliphatic rings. The Balaban J connectivity index is 4.48. The van der Waals surface area contributed by atoms with E-state index < -0.39 is 12.1 Å². The van der Waals surface area contributed by atoms with Crippen LogP contribution >= 0.6 is 0 Å². The first-order valence-electron chi connectivity index (χ1n) is 5.86. The Morgan fingerprint density at radius 1 is 1.29 bits per heavy atom. The third kappa shape index (κ3) is 7.74. The lowest BCUT2D eigenvalue weighted by atomic mass is 10.1. The second-order valence-corrected chi connectivity index (χ2v) is 5.42. The molecule has 0 aromatic carbocycles. The van der Waals surface area contributed by atoms with Crippen LogP contribution in [0.25, 0.3) is 0 Å². The van der Waals surface area contributed by atoms with E-state index in [2.05, 4.69) is 0 Å². The zero-order valence-corrected chi connectivity index (χ0v) is 11.4. The number of ether oxygens (including phenoxy) is 1. The van der Waals surface area contributed by atoms with Crippen LogP contribution in [0.5, 0.6) is 0 Å². The van der Waals surface area contributed by atoms with Crippen molar-refractivity contribution < 1.29 is 23.9 Å². The summed E-state index contributed by atoms with van der Waals surface area (Å²) in [5.41, 5.74) is 0. The normalized spacial score (nSPS) is 15.1. The second-order valence-electron chi connectivity index (χ2n) is 5.42. The third-order valence-corrected chi connectivity index (χ3v) is 2.44. The van der Waals surface area contributed by atoms with Crippen molar-refractivity contribution in [2.75, 3.05) is 27.7 Å². The van der Waals surface area contributed by atoms with Gasteiger partial charge in [0.15, 0.2) is 6.10 Å². The van der Waals surface area contributed by atoms with E-state index in [1.54, 1.807) is 6.92 Å². The molecule has 0 spiro atoms. The van der Waals surface area contributed by atoms with Gasteiger partial charge in [-0.1, -0.05) is 13.8 Å². The van der Waals surface area contributed by atoms with Crippen LogP contribution in [0.2, 0.25) is 0 Å². The molecule has 0 bridgehead atoms. The third-order valence-electron chi connectivity index (χ3n) is 2.44. The van der Waals surface area contributed by atoms with Crippen molar-refractivity contribution >= 4 is 11.9 Å². The Labute approximate surface area is 103 Å². The van der Waals surface area contributed by atoms with E-state index in [1.807, 2.05) is 28.1 Å². The van der Waals surface area contributed by atoms with E-state index in [-0.39, 0.29) is 18.3 Å². The lowest BCUT2D eigenvalue weighted by Crippen LogP contribution is -2.45. The van der Waals surface area contributed by atoms with Crippen molar-refractivity contribution in [1.82, 2.24) is 0 Å². The van der Waals surface area contributed by atoms with Crippen LogP contribution in [-0.4, -0.2) is 50.2 Å². The molecule has 0 amide bonds. The molecule has 100 valence electrons. The van der Waals surface area contributed by atoms with Gasteiger partial charge in [0.25, 0.3) is 0 Å². The predicted octanol–water partition coefficient (Wildman–Crippen LogP) is -0.209. The van der Waals surface area contributed by atoms with Gasteiger partial charge < -0.3 is 19.1 Å². The molecule has 2 unspecified atom stereocenters. The fourth-order valence-corrected chi connectivity index (χ4v) is 1.39. The SMILES string of the molecule is CCC(C)C(=O)OC(CC(=O)[O-])C[N+](C)(C)C. The first-order valence-corrected chi connectivity index (χ1v) is 5.86. The van der Waals surface area contributed by atoms with E-state index in [0.29, 0.717) is 17.4 Å². The van der Waals surface area contributed by atoms with Crippen molar-refractivity contribution in [2.45, 2.75) is 32.8 Å². The maximum absolute atomic E-state index is 11.6. The van der Waals surface area contributed by atoms with E-state index in [1.165, 1.54) is 0 Å². The number of quaternary nitrogens is 1. The molecule has 5 nitrogen and oxygen atoms in total. The molecule has 0 heterocycles. The van der Waals surface area contributed by atoms with Crippen LogP contribution in [0.3, 0.4) is 0 Å². The van der Waals surface area contributed by atoms with Crippen molar-refractivity contribution in [2.24, 2.45) is 5.92 Å². The van der Waals surface area contributed by atoms with Crippen LogP contribution in [0.1, 0.15) is 26.7 Å². The Morgan fingerprint density at radius 3 is 2.18 bits per heavy atom. The van der Waals surface area contributed by atoms with Gasteiger partial charge in [0.1, 0.15) is 6.54 Å². The molecule has 0 fully saturated rings. The number of esters is 1. The topological polar surface area (TPSA) is 66.4 Å². The molecular formula is C12H23NO4. The van der Waals surface area contributed by atoms with Crippen molar-refractivity contribution in [3.05, 3.63) is 0 Å². The van der Waals surface area contributed by atoms with Gasteiger partial charge in [-0.05, 0) is 6.42 Å². The zero-order chi connectivity index (χ0) is 13.6. The molecule has 0 aliphatic heterocycles. The molecule has 2 atom stereocenters. The molecule has 0 rings (SSSR count). The maximum Gasteiger partial charge on any atom is 0.309 e. The molecule has 0 radical (unpaired) electrons. The lowest BCUT2D eigenvalue weighted by molar-refractivity contribution is -0.873. The molecule has 0 saturated heterocycles. The van der Waals surface area contributed by atoms with Crippen LogP contribution in [0, 0.1) is 5.92 Å². The standard InChI is InChI=1S/C12H23NO4/c1-6-9(2)12(16)17-10(7-11(14)15)8-13(3,4)5/h9-10H,6-8H2,1-5H3. The van der Waals surface area contributed by atoms with Gasteiger partial charge in [0.05, 0.1) is 27.1 Å². The number of hydrogen-bond acceptors (Lipinski definition) is 4. The minimum atomic E-state index is -1.19. The summed E-state index contributed by atoms with van der Waals surface area (Å²) < 4.78 is 5.75. The number of carboxylic acids is 1. The van der Waals surface area contributed by atoms with Crippen molar-refractivity contribution in [3.8, 4) is 0 Å². The van der Waals surface area contributed by atoms with Gasteiger partial charge in [-0.2, -0.15) is 0 Å². The number of rotatable bonds is 7. The van der Waals surface area contributed by atoms with Crippen molar-refractivity contribution in [3.63, 3.8) is 0 Å². The summed E-state index contributed by atoms with van der Waals surface area (Å²) in [6, 6.07) is 0. The second kappa shape index (κ2) is 6.59. The summed E-state index contributed by atoms with van der Waals surface area (Å²) in [5, 5.41) is 10.6. The smallest absolute Gasteiger partial charge is 0.309 e. The number of carboxylic acid groups (broad SMARTS) is 1. The van der Waals surface area contributed by atoms with Gasteiger partial charge in [0, 0.05) is 12.4 Å². The first kappa shape index (κ1) is 15.9. The molecule has 17 heavy (non-hydrogen) atoms.